The van der Waals surface area contributed by atoms with E-state index in [1.54, 1.807) is 0 Å². The summed E-state index contributed by atoms with van der Waals surface area (Å²) in [7, 11) is -0.665. The molecule has 0 radical (unpaired) electrons. The molecule has 0 aromatic heterocycles. The van der Waals surface area contributed by atoms with Crippen molar-refractivity contribution in [1.82, 2.24) is 5.32 Å². The molecule has 2 atom stereocenters. The molecule has 0 aromatic carbocycles. The minimum atomic E-state index is -0.665. The summed E-state index contributed by atoms with van der Waals surface area (Å²) >= 11 is 1.45. The summed E-state index contributed by atoms with van der Waals surface area (Å²) in [5, 5.41) is 2.82. The first-order valence-corrected chi connectivity index (χ1v) is 6.88. The Morgan fingerprint density at radius 3 is 3.29 bits per heavy atom. The predicted octanol–water partition coefficient (Wildman–Crippen LogP) is 0.154. The van der Waals surface area contributed by atoms with Crippen LogP contribution in [0.15, 0.2) is 12.2 Å². The standard InChI is InChI=1S/C10H14BNO4S/c1-17-6-9(13)12-8-4-2-3-7-5-10(14)16-11(8)15-7/h2-3,7-8H,4-6H2,1H3,(H,12,13)/t7-,8+/m1/s1. The predicted molar refractivity (Wildman–Crippen MR) is 65.4 cm³/mol. The van der Waals surface area contributed by atoms with E-state index in [2.05, 4.69) is 5.32 Å². The van der Waals surface area contributed by atoms with E-state index < -0.39 is 7.12 Å². The molecule has 1 fully saturated rings. The normalized spacial score (nSPS) is 27.4. The van der Waals surface area contributed by atoms with E-state index in [1.165, 1.54) is 11.8 Å². The Morgan fingerprint density at radius 1 is 1.71 bits per heavy atom. The van der Waals surface area contributed by atoms with Gasteiger partial charge >= 0.3 is 7.12 Å². The quantitative estimate of drug-likeness (QED) is 0.574. The van der Waals surface area contributed by atoms with Gasteiger partial charge in [-0.1, -0.05) is 12.2 Å². The van der Waals surface area contributed by atoms with Crippen molar-refractivity contribution in [2.45, 2.75) is 24.9 Å². The van der Waals surface area contributed by atoms with Crippen molar-refractivity contribution in [2.24, 2.45) is 0 Å². The molecule has 5 nitrogen and oxygen atoms in total. The van der Waals surface area contributed by atoms with E-state index in [1.807, 2.05) is 18.4 Å². The monoisotopic (exact) mass is 255 g/mol. The SMILES string of the molecule is CSCC(=O)N[C@H]1CC=C[C@@H]2CC(=O)OB1O2. The molecule has 2 bridgehead atoms. The van der Waals surface area contributed by atoms with Crippen LogP contribution < -0.4 is 5.32 Å². The summed E-state index contributed by atoms with van der Waals surface area (Å²) in [5.41, 5.74) is 0. The third-order valence-corrected chi connectivity index (χ3v) is 3.17. The largest absolute Gasteiger partial charge is 0.552 e. The molecule has 1 amide bonds. The lowest BCUT2D eigenvalue weighted by molar-refractivity contribution is -0.141. The van der Waals surface area contributed by atoms with Crippen LogP contribution in [0.2, 0.25) is 0 Å². The molecule has 0 saturated carbocycles. The summed E-state index contributed by atoms with van der Waals surface area (Å²) < 4.78 is 10.7. The van der Waals surface area contributed by atoms with E-state index in [0.717, 1.165) is 0 Å². The fourth-order valence-corrected chi connectivity index (χ4v) is 2.22. The van der Waals surface area contributed by atoms with Crippen LogP contribution in [0, 0.1) is 0 Å². The second-order valence-electron chi connectivity index (χ2n) is 4.01. The molecular formula is C10H14BNO4S. The minimum Gasteiger partial charge on any atom is -0.508 e. The van der Waals surface area contributed by atoms with Gasteiger partial charge in [-0.25, -0.2) is 0 Å². The molecule has 92 valence electrons. The number of carbonyl (C=O) groups is 2. The minimum absolute atomic E-state index is 0.0698. The molecule has 0 spiro atoms. The maximum absolute atomic E-state index is 11.5. The highest BCUT2D eigenvalue weighted by Gasteiger charge is 2.41. The summed E-state index contributed by atoms with van der Waals surface area (Å²) in [6, 6.07) is 0. The highest BCUT2D eigenvalue weighted by molar-refractivity contribution is 7.99. The van der Waals surface area contributed by atoms with Gasteiger partial charge in [0.2, 0.25) is 5.91 Å². The molecule has 1 saturated heterocycles. The van der Waals surface area contributed by atoms with Crippen LogP contribution in [0.1, 0.15) is 12.8 Å². The van der Waals surface area contributed by atoms with Gasteiger partial charge in [0.1, 0.15) is 0 Å². The summed E-state index contributed by atoms with van der Waals surface area (Å²) in [6.07, 6.45) is 6.29. The molecule has 2 heterocycles. The highest BCUT2D eigenvalue weighted by Crippen LogP contribution is 2.20. The fourth-order valence-electron chi connectivity index (χ4n) is 1.88. The molecule has 7 heteroatoms. The summed E-state index contributed by atoms with van der Waals surface area (Å²) in [4.78, 5) is 22.8. The number of nitrogens with one attached hydrogen (secondary N) is 1. The Kier molecular flexibility index (Phi) is 4.12. The van der Waals surface area contributed by atoms with Gasteiger partial charge in [0, 0.05) is 0 Å². The zero-order valence-electron chi connectivity index (χ0n) is 9.55. The number of amides is 1. The Bertz CT molecular complexity index is 349. The first-order valence-electron chi connectivity index (χ1n) is 5.49. The lowest BCUT2D eigenvalue weighted by Gasteiger charge is -2.28. The van der Waals surface area contributed by atoms with Gasteiger partial charge in [-0.05, 0) is 12.7 Å². The van der Waals surface area contributed by atoms with E-state index in [9.17, 15) is 9.59 Å². The lowest BCUT2D eigenvalue weighted by atomic mass is 9.75. The van der Waals surface area contributed by atoms with Crippen LogP contribution in [-0.2, 0) is 18.9 Å². The van der Waals surface area contributed by atoms with Gasteiger partial charge in [-0.3, -0.25) is 9.59 Å². The summed E-state index contributed by atoms with van der Waals surface area (Å²) in [5.74, 6) is -0.244. The van der Waals surface area contributed by atoms with E-state index in [4.69, 9.17) is 9.31 Å². The molecule has 2 aliphatic rings. The van der Waals surface area contributed by atoms with Gasteiger partial charge in [-0.15, -0.1) is 0 Å². The van der Waals surface area contributed by atoms with Gasteiger partial charge in [0.05, 0.1) is 24.2 Å². The van der Waals surface area contributed by atoms with E-state index in [0.29, 0.717) is 12.2 Å². The smallest absolute Gasteiger partial charge is 0.508 e. The molecule has 0 aliphatic carbocycles. The van der Waals surface area contributed by atoms with Crippen LogP contribution in [0.25, 0.3) is 0 Å². The Hall–Kier alpha value is -0.945. The second kappa shape index (κ2) is 5.60. The van der Waals surface area contributed by atoms with E-state index >= 15 is 0 Å². The van der Waals surface area contributed by atoms with Crippen LogP contribution in [-0.4, -0.2) is 43.0 Å². The van der Waals surface area contributed by atoms with Crippen LogP contribution in [0.4, 0.5) is 0 Å². The zero-order valence-corrected chi connectivity index (χ0v) is 10.4. The number of fused-ring (bicyclic) bond motifs is 2. The average Bonchev–Trinajstić information content (AvgIpc) is 2.39. The van der Waals surface area contributed by atoms with E-state index in [-0.39, 0.29) is 30.3 Å². The zero-order chi connectivity index (χ0) is 12.3. The van der Waals surface area contributed by atoms with Crippen molar-refractivity contribution in [1.29, 1.82) is 0 Å². The van der Waals surface area contributed by atoms with Crippen molar-refractivity contribution in [2.75, 3.05) is 12.0 Å². The van der Waals surface area contributed by atoms with Crippen LogP contribution in [0.5, 0.6) is 0 Å². The Labute approximate surface area is 104 Å². The first-order chi connectivity index (χ1) is 8.19. The Balaban J connectivity index is 1.99. The van der Waals surface area contributed by atoms with Crippen molar-refractivity contribution in [3.8, 4) is 0 Å². The molecular weight excluding hydrogens is 241 g/mol. The highest BCUT2D eigenvalue weighted by atomic mass is 32.2. The maximum Gasteiger partial charge on any atom is 0.552 e. The average molecular weight is 255 g/mol. The topological polar surface area (TPSA) is 64.6 Å². The van der Waals surface area contributed by atoms with Crippen molar-refractivity contribution in [3.63, 3.8) is 0 Å². The van der Waals surface area contributed by atoms with Crippen molar-refractivity contribution < 1.29 is 18.9 Å². The second-order valence-corrected chi connectivity index (χ2v) is 4.87. The fraction of sp³-hybridized carbons (Fsp3) is 0.600. The molecule has 1 N–H and O–H groups in total. The molecule has 2 rings (SSSR count). The lowest BCUT2D eigenvalue weighted by Crippen LogP contribution is -2.53. The van der Waals surface area contributed by atoms with Gasteiger partial charge in [0.15, 0.2) is 0 Å². The van der Waals surface area contributed by atoms with Crippen molar-refractivity contribution in [3.05, 3.63) is 12.2 Å². The van der Waals surface area contributed by atoms with Gasteiger partial charge in [0.25, 0.3) is 5.97 Å². The number of rotatable bonds is 3. The van der Waals surface area contributed by atoms with Crippen LogP contribution >= 0.6 is 11.8 Å². The molecule has 0 aromatic rings. The Morgan fingerprint density at radius 2 is 2.53 bits per heavy atom. The molecule has 2 aliphatic heterocycles. The number of carbonyl (C=O) groups excluding carboxylic acids is 2. The molecule has 0 unspecified atom stereocenters. The van der Waals surface area contributed by atoms with Gasteiger partial charge < -0.3 is 14.6 Å². The van der Waals surface area contributed by atoms with Gasteiger partial charge in [-0.2, -0.15) is 11.8 Å². The third-order valence-electron chi connectivity index (χ3n) is 2.62. The molecule has 17 heavy (non-hydrogen) atoms. The number of thioether (sulfide) groups is 1. The first kappa shape index (κ1) is 12.5. The number of hydrogen-bond acceptors (Lipinski definition) is 5. The number of hydrogen-bond donors (Lipinski definition) is 1. The van der Waals surface area contributed by atoms with Crippen LogP contribution in [0.3, 0.4) is 0 Å². The van der Waals surface area contributed by atoms with Crippen molar-refractivity contribution >= 4 is 30.8 Å². The maximum atomic E-state index is 11.5. The summed E-state index contributed by atoms with van der Waals surface area (Å²) in [6.45, 7) is 0. The third kappa shape index (κ3) is 3.26.